The zero-order chi connectivity index (χ0) is 10.6. The van der Waals surface area contributed by atoms with Crippen LogP contribution in [-0.4, -0.2) is 23.1 Å². The second-order valence-electron chi connectivity index (χ2n) is 2.84. The SMILES string of the molecule is CN(O)Cc1cccc(SC(F)F)c1. The molecule has 0 amide bonds. The third kappa shape index (κ3) is 4.04. The van der Waals surface area contributed by atoms with Gasteiger partial charge >= 0.3 is 0 Å². The highest BCUT2D eigenvalue weighted by molar-refractivity contribution is 7.99. The maximum absolute atomic E-state index is 12.0. The summed E-state index contributed by atoms with van der Waals surface area (Å²) in [4.78, 5) is 0.513. The molecule has 0 saturated heterocycles. The Bertz CT molecular complexity index is 269. The fourth-order valence-electron chi connectivity index (χ4n) is 1.08. The van der Waals surface area contributed by atoms with Crippen molar-refractivity contribution in [3.8, 4) is 0 Å². The third-order valence-corrected chi connectivity index (χ3v) is 2.24. The minimum absolute atomic E-state index is 0.331. The van der Waals surface area contributed by atoms with Crippen LogP contribution in [0, 0.1) is 0 Å². The molecule has 0 heterocycles. The van der Waals surface area contributed by atoms with E-state index in [1.54, 1.807) is 24.3 Å². The number of hydroxylamine groups is 2. The maximum Gasteiger partial charge on any atom is 0.288 e. The Morgan fingerprint density at radius 1 is 1.50 bits per heavy atom. The fraction of sp³-hybridized carbons (Fsp3) is 0.333. The molecule has 0 atom stereocenters. The van der Waals surface area contributed by atoms with E-state index in [-0.39, 0.29) is 0 Å². The molecule has 2 nitrogen and oxygen atoms in total. The summed E-state index contributed by atoms with van der Waals surface area (Å²) in [6.07, 6.45) is 0. The monoisotopic (exact) mass is 219 g/mol. The number of hydrogen-bond acceptors (Lipinski definition) is 3. The molecule has 0 aliphatic rings. The average Bonchev–Trinajstić information content (AvgIpc) is 2.01. The topological polar surface area (TPSA) is 23.5 Å². The van der Waals surface area contributed by atoms with E-state index in [1.165, 1.54) is 7.05 Å². The van der Waals surface area contributed by atoms with Crippen LogP contribution in [0.15, 0.2) is 29.2 Å². The standard InChI is InChI=1S/C9H11F2NOS/c1-12(13)6-7-3-2-4-8(5-7)14-9(10)11/h2-5,9,13H,6H2,1H3. The van der Waals surface area contributed by atoms with Gasteiger partial charge in [0.1, 0.15) is 0 Å². The number of rotatable bonds is 4. The first-order valence-corrected chi connectivity index (χ1v) is 4.89. The van der Waals surface area contributed by atoms with Gasteiger partial charge in [0.05, 0.1) is 0 Å². The van der Waals surface area contributed by atoms with Gasteiger partial charge in [-0.1, -0.05) is 23.9 Å². The van der Waals surface area contributed by atoms with Crippen LogP contribution in [0.1, 0.15) is 5.56 Å². The van der Waals surface area contributed by atoms with E-state index in [1.807, 2.05) is 0 Å². The lowest BCUT2D eigenvalue weighted by atomic mass is 10.2. The summed E-state index contributed by atoms with van der Waals surface area (Å²) in [7, 11) is 1.51. The Hall–Kier alpha value is -0.650. The number of nitrogens with zero attached hydrogens (tertiary/aromatic N) is 1. The molecule has 1 aromatic rings. The first-order valence-electron chi connectivity index (χ1n) is 4.01. The van der Waals surface area contributed by atoms with Gasteiger partial charge in [-0.3, -0.25) is 0 Å². The van der Waals surface area contributed by atoms with Gasteiger partial charge in [0.2, 0.25) is 0 Å². The smallest absolute Gasteiger partial charge is 0.288 e. The first kappa shape index (κ1) is 11.4. The molecule has 0 aliphatic carbocycles. The lowest BCUT2D eigenvalue weighted by molar-refractivity contribution is -0.0731. The molecule has 0 spiro atoms. The molecule has 0 bridgehead atoms. The highest BCUT2D eigenvalue weighted by Crippen LogP contribution is 2.25. The predicted molar refractivity (Wildman–Crippen MR) is 51.6 cm³/mol. The summed E-state index contributed by atoms with van der Waals surface area (Å²) in [5.41, 5.74) is 0.806. The highest BCUT2D eigenvalue weighted by atomic mass is 32.2. The molecule has 14 heavy (non-hydrogen) atoms. The summed E-state index contributed by atoms with van der Waals surface area (Å²) in [5, 5.41) is 9.96. The molecule has 1 N–H and O–H groups in total. The van der Waals surface area contributed by atoms with Gasteiger partial charge in [0.15, 0.2) is 0 Å². The van der Waals surface area contributed by atoms with Crippen molar-refractivity contribution in [2.75, 3.05) is 7.05 Å². The van der Waals surface area contributed by atoms with Crippen LogP contribution in [-0.2, 0) is 6.54 Å². The number of hydrogen-bond donors (Lipinski definition) is 1. The van der Waals surface area contributed by atoms with E-state index in [0.717, 1.165) is 10.6 Å². The van der Waals surface area contributed by atoms with Crippen LogP contribution in [0.2, 0.25) is 0 Å². The van der Waals surface area contributed by atoms with Crippen molar-refractivity contribution in [2.24, 2.45) is 0 Å². The quantitative estimate of drug-likeness (QED) is 0.622. The van der Waals surface area contributed by atoms with Gasteiger partial charge in [-0.05, 0) is 17.7 Å². The molecule has 1 rings (SSSR count). The van der Waals surface area contributed by atoms with Crippen molar-refractivity contribution in [1.29, 1.82) is 0 Å². The van der Waals surface area contributed by atoms with E-state index in [4.69, 9.17) is 5.21 Å². The molecule has 0 aromatic heterocycles. The molecular formula is C9H11F2NOS. The van der Waals surface area contributed by atoms with Crippen LogP contribution >= 0.6 is 11.8 Å². The zero-order valence-corrected chi connectivity index (χ0v) is 8.47. The molecule has 0 radical (unpaired) electrons. The number of benzene rings is 1. The highest BCUT2D eigenvalue weighted by Gasteiger charge is 2.05. The third-order valence-electron chi connectivity index (χ3n) is 1.54. The Morgan fingerprint density at radius 2 is 2.21 bits per heavy atom. The van der Waals surface area contributed by atoms with E-state index in [9.17, 15) is 8.78 Å². The van der Waals surface area contributed by atoms with Crippen LogP contribution in [0.4, 0.5) is 8.78 Å². The Labute approximate surface area is 85.5 Å². The van der Waals surface area contributed by atoms with Gasteiger partial charge in [0.25, 0.3) is 5.76 Å². The predicted octanol–water partition coefficient (Wildman–Crippen LogP) is 2.82. The average molecular weight is 219 g/mol. The minimum Gasteiger partial charge on any atom is -0.314 e. The largest absolute Gasteiger partial charge is 0.314 e. The van der Waals surface area contributed by atoms with E-state index < -0.39 is 5.76 Å². The lowest BCUT2D eigenvalue weighted by Crippen LogP contribution is -2.11. The Kier molecular flexibility index (Phi) is 4.31. The molecule has 78 valence electrons. The Balaban J connectivity index is 2.68. The number of alkyl halides is 2. The Morgan fingerprint density at radius 3 is 2.79 bits per heavy atom. The number of thioether (sulfide) groups is 1. The van der Waals surface area contributed by atoms with Crippen molar-refractivity contribution in [2.45, 2.75) is 17.2 Å². The molecule has 0 unspecified atom stereocenters. The summed E-state index contributed by atoms with van der Waals surface area (Å²) < 4.78 is 24.0. The van der Waals surface area contributed by atoms with Crippen LogP contribution in [0.3, 0.4) is 0 Å². The molecule has 0 saturated carbocycles. The van der Waals surface area contributed by atoms with Crippen molar-refractivity contribution in [1.82, 2.24) is 5.06 Å². The van der Waals surface area contributed by atoms with Crippen molar-refractivity contribution < 1.29 is 14.0 Å². The molecule has 1 aromatic carbocycles. The molecule has 0 aliphatic heterocycles. The van der Waals surface area contributed by atoms with Gasteiger partial charge in [0, 0.05) is 18.5 Å². The first-order chi connectivity index (χ1) is 6.58. The minimum atomic E-state index is -2.41. The second-order valence-corrected chi connectivity index (χ2v) is 3.91. The van der Waals surface area contributed by atoms with E-state index in [0.29, 0.717) is 23.2 Å². The second kappa shape index (κ2) is 5.29. The molecule has 5 heteroatoms. The van der Waals surface area contributed by atoms with Gasteiger partial charge in [-0.15, -0.1) is 0 Å². The van der Waals surface area contributed by atoms with Crippen molar-refractivity contribution in [3.63, 3.8) is 0 Å². The van der Waals surface area contributed by atoms with Gasteiger partial charge in [-0.2, -0.15) is 13.8 Å². The molecular weight excluding hydrogens is 208 g/mol. The summed E-state index contributed by atoms with van der Waals surface area (Å²) in [6.45, 7) is 0.331. The van der Waals surface area contributed by atoms with Crippen LogP contribution < -0.4 is 0 Å². The van der Waals surface area contributed by atoms with E-state index in [2.05, 4.69) is 0 Å². The van der Waals surface area contributed by atoms with Crippen molar-refractivity contribution in [3.05, 3.63) is 29.8 Å². The summed E-state index contributed by atoms with van der Waals surface area (Å²) in [5.74, 6) is -2.41. The van der Waals surface area contributed by atoms with Crippen LogP contribution in [0.5, 0.6) is 0 Å². The van der Waals surface area contributed by atoms with Crippen LogP contribution in [0.25, 0.3) is 0 Å². The lowest BCUT2D eigenvalue weighted by Gasteiger charge is -2.08. The van der Waals surface area contributed by atoms with E-state index >= 15 is 0 Å². The number of halogens is 2. The summed E-state index contributed by atoms with van der Waals surface area (Å²) in [6, 6.07) is 6.74. The fourth-order valence-corrected chi connectivity index (χ4v) is 1.67. The normalized spacial score (nSPS) is 11.3. The van der Waals surface area contributed by atoms with Gasteiger partial charge < -0.3 is 5.21 Å². The zero-order valence-electron chi connectivity index (χ0n) is 7.65. The molecule has 0 fully saturated rings. The maximum atomic E-state index is 12.0. The summed E-state index contributed by atoms with van der Waals surface area (Å²) >= 11 is 0.506. The van der Waals surface area contributed by atoms with Crippen molar-refractivity contribution >= 4 is 11.8 Å². The van der Waals surface area contributed by atoms with Gasteiger partial charge in [-0.25, -0.2) is 0 Å².